The lowest BCUT2D eigenvalue weighted by atomic mass is 9.51. The van der Waals surface area contributed by atoms with Gasteiger partial charge in [0.15, 0.2) is 0 Å². The van der Waals surface area contributed by atoms with E-state index in [1.165, 1.54) is 19.3 Å². The molecule has 0 aromatic heterocycles. The Labute approximate surface area is 120 Å². The van der Waals surface area contributed by atoms with Crippen LogP contribution in [0.5, 0.6) is 0 Å². The smallest absolute Gasteiger partial charge is 0.315 e. The molecule has 0 aromatic carbocycles. The SMILES string of the molecule is CCO[C@H]1C[C@@H](NC(=O)NCC2(CO)CC2)C12CCC2. The zero-order valence-electron chi connectivity index (χ0n) is 12.3. The van der Waals surface area contributed by atoms with Crippen LogP contribution in [0.4, 0.5) is 4.79 Å². The summed E-state index contributed by atoms with van der Waals surface area (Å²) in [5.74, 6) is 0. The van der Waals surface area contributed by atoms with Crippen LogP contribution in [0.25, 0.3) is 0 Å². The second-order valence-corrected chi connectivity index (χ2v) is 6.80. The van der Waals surface area contributed by atoms with Gasteiger partial charge in [-0.2, -0.15) is 0 Å². The van der Waals surface area contributed by atoms with E-state index in [1.807, 2.05) is 6.92 Å². The Morgan fingerprint density at radius 3 is 2.60 bits per heavy atom. The number of hydrogen-bond acceptors (Lipinski definition) is 3. The molecule has 0 unspecified atom stereocenters. The van der Waals surface area contributed by atoms with E-state index in [0.717, 1.165) is 25.9 Å². The summed E-state index contributed by atoms with van der Waals surface area (Å²) in [5, 5.41) is 15.3. The average Bonchev–Trinajstić information content (AvgIpc) is 3.14. The van der Waals surface area contributed by atoms with Gasteiger partial charge in [-0.1, -0.05) is 6.42 Å². The van der Waals surface area contributed by atoms with Gasteiger partial charge in [-0.25, -0.2) is 4.79 Å². The average molecular weight is 282 g/mol. The Morgan fingerprint density at radius 2 is 2.10 bits per heavy atom. The van der Waals surface area contributed by atoms with Crippen molar-refractivity contribution in [2.24, 2.45) is 10.8 Å². The van der Waals surface area contributed by atoms with Crippen LogP contribution in [-0.4, -0.2) is 43.0 Å². The summed E-state index contributed by atoms with van der Waals surface area (Å²) in [7, 11) is 0. The maximum atomic E-state index is 12.0. The molecule has 0 saturated heterocycles. The third-order valence-corrected chi connectivity index (χ3v) is 5.66. The van der Waals surface area contributed by atoms with Crippen LogP contribution in [0.2, 0.25) is 0 Å². The van der Waals surface area contributed by atoms with Gasteiger partial charge in [0.2, 0.25) is 0 Å². The lowest BCUT2D eigenvalue weighted by Gasteiger charge is -2.60. The van der Waals surface area contributed by atoms with Crippen molar-refractivity contribution in [2.45, 2.75) is 57.6 Å². The molecule has 2 atom stereocenters. The van der Waals surface area contributed by atoms with Crippen LogP contribution >= 0.6 is 0 Å². The second-order valence-electron chi connectivity index (χ2n) is 6.80. The van der Waals surface area contributed by atoms with Gasteiger partial charge in [-0.15, -0.1) is 0 Å². The molecular formula is C15H26N2O3. The van der Waals surface area contributed by atoms with Crippen LogP contribution in [0.15, 0.2) is 0 Å². The minimum Gasteiger partial charge on any atom is -0.396 e. The van der Waals surface area contributed by atoms with Gasteiger partial charge in [0.05, 0.1) is 12.7 Å². The molecule has 5 heteroatoms. The van der Waals surface area contributed by atoms with Gasteiger partial charge >= 0.3 is 6.03 Å². The number of amides is 2. The Kier molecular flexibility index (Phi) is 3.67. The molecule has 3 N–H and O–H groups in total. The standard InChI is InChI=1S/C15H26N2O3/c1-2-20-12-8-11(15(12)4-3-5-15)17-13(19)16-9-14(10-18)6-7-14/h11-12,18H,2-10H2,1H3,(H2,16,17,19)/t11-,12+/m1/s1. The number of hydrogen-bond donors (Lipinski definition) is 3. The van der Waals surface area contributed by atoms with Crippen molar-refractivity contribution >= 4 is 6.03 Å². The van der Waals surface area contributed by atoms with E-state index in [4.69, 9.17) is 4.74 Å². The zero-order chi connectivity index (χ0) is 14.2. The molecule has 114 valence electrons. The number of aliphatic hydroxyl groups is 1. The molecule has 3 aliphatic carbocycles. The molecule has 0 radical (unpaired) electrons. The van der Waals surface area contributed by atoms with Gasteiger partial charge in [-0.05, 0) is 39.0 Å². The quantitative estimate of drug-likeness (QED) is 0.690. The lowest BCUT2D eigenvalue weighted by molar-refractivity contribution is -0.169. The fraction of sp³-hybridized carbons (Fsp3) is 0.933. The number of urea groups is 1. The second kappa shape index (κ2) is 5.19. The first-order chi connectivity index (χ1) is 9.64. The summed E-state index contributed by atoms with van der Waals surface area (Å²) in [5.41, 5.74) is 0.181. The Morgan fingerprint density at radius 1 is 1.35 bits per heavy atom. The van der Waals surface area contributed by atoms with Crippen LogP contribution in [0, 0.1) is 10.8 Å². The molecule has 5 nitrogen and oxygen atoms in total. The molecule has 3 rings (SSSR count). The minimum atomic E-state index is -0.0871. The normalized spacial score (nSPS) is 32.1. The third kappa shape index (κ3) is 2.31. The van der Waals surface area contributed by atoms with Crippen molar-refractivity contribution in [3.63, 3.8) is 0 Å². The van der Waals surface area contributed by atoms with Gasteiger partial charge in [-0.3, -0.25) is 0 Å². The number of carbonyl (C=O) groups excluding carboxylic acids is 1. The molecule has 2 amide bonds. The summed E-state index contributed by atoms with van der Waals surface area (Å²) < 4.78 is 5.78. The van der Waals surface area contributed by atoms with E-state index in [1.54, 1.807) is 0 Å². The first-order valence-electron chi connectivity index (χ1n) is 7.91. The summed E-state index contributed by atoms with van der Waals surface area (Å²) in [6, 6.07) is 0.174. The first-order valence-corrected chi connectivity index (χ1v) is 7.91. The van der Waals surface area contributed by atoms with Crippen molar-refractivity contribution in [1.82, 2.24) is 10.6 Å². The van der Waals surface area contributed by atoms with Crippen LogP contribution < -0.4 is 10.6 Å². The Hall–Kier alpha value is -0.810. The van der Waals surface area contributed by atoms with E-state index in [9.17, 15) is 9.90 Å². The highest BCUT2D eigenvalue weighted by Crippen LogP contribution is 2.57. The first kappa shape index (κ1) is 14.1. The number of carbonyl (C=O) groups is 1. The van der Waals surface area contributed by atoms with E-state index >= 15 is 0 Å². The molecule has 0 heterocycles. The van der Waals surface area contributed by atoms with Crippen LogP contribution in [-0.2, 0) is 4.74 Å². The maximum Gasteiger partial charge on any atom is 0.315 e. The fourth-order valence-electron chi connectivity index (χ4n) is 3.69. The summed E-state index contributed by atoms with van der Waals surface area (Å²) in [4.78, 5) is 12.0. The van der Waals surface area contributed by atoms with E-state index < -0.39 is 0 Å². The van der Waals surface area contributed by atoms with Gasteiger partial charge in [0, 0.05) is 30.0 Å². The monoisotopic (exact) mass is 282 g/mol. The van der Waals surface area contributed by atoms with Crippen molar-refractivity contribution in [3.8, 4) is 0 Å². The largest absolute Gasteiger partial charge is 0.396 e. The number of ether oxygens (including phenoxy) is 1. The molecule has 1 spiro atoms. The molecule has 3 aliphatic rings. The fourth-order valence-corrected chi connectivity index (χ4v) is 3.69. The van der Waals surface area contributed by atoms with Crippen LogP contribution in [0.3, 0.4) is 0 Å². The van der Waals surface area contributed by atoms with Crippen molar-refractivity contribution in [2.75, 3.05) is 19.8 Å². The molecule has 3 saturated carbocycles. The summed E-state index contributed by atoms with van der Waals surface area (Å²) in [6.45, 7) is 3.55. The number of aliphatic hydroxyl groups excluding tert-OH is 1. The van der Waals surface area contributed by atoms with Gasteiger partial charge in [0.1, 0.15) is 0 Å². The Balaban J connectivity index is 1.45. The predicted molar refractivity (Wildman–Crippen MR) is 75.4 cm³/mol. The molecular weight excluding hydrogens is 256 g/mol. The molecule has 20 heavy (non-hydrogen) atoms. The van der Waals surface area contributed by atoms with E-state index in [0.29, 0.717) is 12.6 Å². The maximum absolute atomic E-state index is 12.0. The van der Waals surface area contributed by atoms with Crippen LogP contribution in [0.1, 0.15) is 45.4 Å². The third-order valence-electron chi connectivity index (χ3n) is 5.66. The molecule has 0 aliphatic heterocycles. The highest BCUT2D eigenvalue weighted by molar-refractivity contribution is 5.74. The van der Waals surface area contributed by atoms with Crippen molar-refractivity contribution < 1.29 is 14.6 Å². The number of nitrogens with one attached hydrogen (secondary N) is 2. The lowest BCUT2D eigenvalue weighted by Crippen LogP contribution is -2.68. The highest BCUT2D eigenvalue weighted by Gasteiger charge is 2.59. The molecule has 0 bridgehead atoms. The predicted octanol–water partition coefficient (Wildman–Crippen LogP) is 1.41. The van der Waals surface area contributed by atoms with Crippen molar-refractivity contribution in [1.29, 1.82) is 0 Å². The Bertz CT molecular complexity index is 377. The van der Waals surface area contributed by atoms with E-state index in [2.05, 4.69) is 10.6 Å². The minimum absolute atomic E-state index is 0.0288. The summed E-state index contributed by atoms with van der Waals surface area (Å²) in [6.07, 6.45) is 6.89. The molecule has 3 fully saturated rings. The topological polar surface area (TPSA) is 70.6 Å². The van der Waals surface area contributed by atoms with E-state index in [-0.39, 0.29) is 29.5 Å². The van der Waals surface area contributed by atoms with Gasteiger partial charge in [0.25, 0.3) is 0 Å². The number of rotatable bonds is 6. The highest BCUT2D eigenvalue weighted by atomic mass is 16.5. The summed E-state index contributed by atoms with van der Waals surface area (Å²) >= 11 is 0. The van der Waals surface area contributed by atoms with Gasteiger partial charge < -0.3 is 20.5 Å². The zero-order valence-corrected chi connectivity index (χ0v) is 12.3. The van der Waals surface area contributed by atoms with Crippen molar-refractivity contribution in [3.05, 3.63) is 0 Å². The molecule has 0 aromatic rings.